The third-order valence-electron chi connectivity index (χ3n) is 5.19. The minimum Gasteiger partial charge on any atom is -0.382 e. The van der Waals surface area contributed by atoms with E-state index in [1.807, 2.05) is 25.1 Å². The van der Waals surface area contributed by atoms with Gasteiger partial charge in [-0.2, -0.15) is 0 Å². The summed E-state index contributed by atoms with van der Waals surface area (Å²) >= 11 is 1.32. The number of thioether (sulfide) groups is 1. The minimum atomic E-state index is -0.0655. The molecule has 1 aromatic carbocycles. The number of hydrogen-bond acceptors (Lipinski definition) is 5. The summed E-state index contributed by atoms with van der Waals surface area (Å²) in [5.41, 5.74) is 2.05. The number of fused-ring (bicyclic) bond motifs is 1. The Morgan fingerprint density at radius 1 is 1.30 bits per heavy atom. The molecule has 0 saturated carbocycles. The molecule has 1 N–H and O–H groups in total. The Morgan fingerprint density at radius 2 is 2.17 bits per heavy atom. The topological polar surface area (TPSA) is 73.2 Å². The van der Waals surface area contributed by atoms with Crippen LogP contribution in [0.25, 0.3) is 10.9 Å². The van der Waals surface area contributed by atoms with Crippen LogP contribution in [0, 0.1) is 0 Å². The lowest BCUT2D eigenvalue weighted by atomic mass is 9.97. The largest absolute Gasteiger partial charge is 0.382 e. The van der Waals surface area contributed by atoms with Crippen LogP contribution >= 0.6 is 11.8 Å². The maximum absolute atomic E-state index is 13.0. The van der Waals surface area contributed by atoms with Crippen molar-refractivity contribution >= 4 is 28.6 Å². The highest BCUT2D eigenvalue weighted by Crippen LogP contribution is 2.20. The fourth-order valence-electron chi connectivity index (χ4n) is 3.60. The highest BCUT2D eigenvalue weighted by atomic mass is 32.2. The third-order valence-corrected chi connectivity index (χ3v) is 6.16. The first-order valence-corrected chi connectivity index (χ1v) is 11.8. The molecular formula is C23H31N3O3S. The van der Waals surface area contributed by atoms with E-state index in [0.717, 1.165) is 25.7 Å². The molecular weight excluding hydrogens is 398 g/mol. The molecule has 0 aliphatic heterocycles. The summed E-state index contributed by atoms with van der Waals surface area (Å²) < 4.78 is 7.08. The van der Waals surface area contributed by atoms with Crippen LogP contribution in [0.2, 0.25) is 0 Å². The number of aromatic nitrogens is 2. The zero-order chi connectivity index (χ0) is 21.2. The number of ether oxygens (including phenoxy) is 1. The summed E-state index contributed by atoms with van der Waals surface area (Å²) in [6, 6.07) is 7.35. The molecule has 0 fully saturated rings. The average molecular weight is 430 g/mol. The second-order valence-corrected chi connectivity index (χ2v) is 8.36. The number of para-hydroxylation sites is 1. The highest BCUT2D eigenvalue weighted by molar-refractivity contribution is 7.99. The molecule has 1 aliphatic carbocycles. The first-order chi connectivity index (χ1) is 14.7. The second kappa shape index (κ2) is 11.9. The number of hydrogen-bond donors (Lipinski definition) is 1. The molecule has 1 aliphatic rings. The van der Waals surface area contributed by atoms with Crippen LogP contribution in [-0.2, 0) is 16.1 Å². The Labute approximate surface area is 182 Å². The van der Waals surface area contributed by atoms with E-state index in [9.17, 15) is 9.59 Å². The first-order valence-electron chi connectivity index (χ1n) is 10.8. The SMILES string of the molecule is CCOCCCn1c(SCC(=O)NCCC2=CCCCC2)nc2ccccc2c1=O. The molecule has 0 atom stereocenters. The third kappa shape index (κ3) is 6.44. The van der Waals surface area contributed by atoms with Crippen LogP contribution in [0.4, 0.5) is 0 Å². The highest BCUT2D eigenvalue weighted by Gasteiger charge is 2.13. The van der Waals surface area contributed by atoms with E-state index in [1.54, 1.807) is 10.6 Å². The molecule has 1 heterocycles. The van der Waals surface area contributed by atoms with Gasteiger partial charge in [0, 0.05) is 26.3 Å². The predicted octanol–water partition coefficient (Wildman–Crippen LogP) is 3.92. The molecule has 162 valence electrons. The van der Waals surface area contributed by atoms with Crippen molar-refractivity contribution in [3.8, 4) is 0 Å². The van der Waals surface area contributed by atoms with Gasteiger partial charge in [0.05, 0.1) is 16.7 Å². The standard InChI is InChI=1S/C23H31N3O3S/c1-2-29-16-8-15-26-22(28)19-11-6-7-12-20(19)25-23(26)30-17-21(27)24-14-13-18-9-4-3-5-10-18/h6-7,9,11-12H,2-5,8,10,13-17H2,1H3,(H,24,27). The Hall–Kier alpha value is -2.12. The maximum Gasteiger partial charge on any atom is 0.262 e. The molecule has 0 bridgehead atoms. The van der Waals surface area contributed by atoms with Crippen LogP contribution in [0.15, 0.2) is 45.9 Å². The number of nitrogens with one attached hydrogen (secondary N) is 1. The van der Waals surface area contributed by atoms with Gasteiger partial charge in [0.1, 0.15) is 0 Å². The lowest BCUT2D eigenvalue weighted by Crippen LogP contribution is -2.28. The van der Waals surface area contributed by atoms with E-state index in [4.69, 9.17) is 4.74 Å². The van der Waals surface area contributed by atoms with Gasteiger partial charge in [-0.15, -0.1) is 0 Å². The quantitative estimate of drug-likeness (QED) is 0.254. The summed E-state index contributed by atoms with van der Waals surface area (Å²) in [6.45, 7) is 4.39. The van der Waals surface area contributed by atoms with Crippen LogP contribution in [-0.4, -0.2) is 41.0 Å². The molecule has 3 rings (SSSR count). The van der Waals surface area contributed by atoms with E-state index in [-0.39, 0.29) is 17.2 Å². The predicted molar refractivity (Wildman–Crippen MR) is 122 cm³/mol. The molecule has 1 amide bonds. The van der Waals surface area contributed by atoms with Crippen molar-refractivity contribution in [3.05, 3.63) is 46.3 Å². The molecule has 6 nitrogen and oxygen atoms in total. The minimum absolute atomic E-state index is 0.0281. The molecule has 30 heavy (non-hydrogen) atoms. The molecule has 0 radical (unpaired) electrons. The van der Waals surface area contributed by atoms with Crippen molar-refractivity contribution in [2.24, 2.45) is 0 Å². The normalized spacial score (nSPS) is 14.0. The summed E-state index contributed by atoms with van der Waals surface area (Å²) in [4.78, 5) is 30.0. The number of nitrogens with zero attached hydrogens (tertiary/aromatic N) is 2. The van der Waals surface area contributed by atoms with Crippen molar-refractivity contribution in [1.82, 2.24) is 14.9 Å². The van der Waals surface area contributed by atoms with Gasteiger partial charge < -0.3 is 10.1 Å². The second-order valence-electron chi connectivity index (χ2n) is 7.42. The van der Waals surface area contributed by atoms with Crippen LogP contribution in [0.1, 0.15) is 45.4 Å². The number of benzene rings is 1. The summed E-state index contributed by atoms with van der Waals surface area (Å²) in [5.74, 6) is 0.217. The van der Waals surface area contributed by atoms with E-state index in [0.29, 0.717) is 42.4 Å². The maximum atomic E-state index is 13.0. The number of allylic oxidation sites excluding steroid dienone is 1. The van der Waals surface area contributed by atoms with Gasteiger partial charge >= 0.3 is 0 Å². The average Bonchev–Trinajstić information content (AvgIpc) is 2.77. The fourth-order valence-corrected chi connectivity index (χ4v) is 4.45. The number of rotatable bonds is 11. The van der Waals surface area contributed by atoms with Gasteiger partial charge in [0.2, 0.25) is 5.91 Å². The monoisotopic (exact) mass is 429 g/mol. The van der Waals surface area contributed by atoms with Crippen molar-refractivity contribution < 1.29 is 9.53 Å². The van der Waals surface area contributed by atoms with Crippen molar-refractivity contribution in [1.29, 1.82) is 0 Å². The van der Waals surface area contributed by atoms with E-state index in [2.05, 4.69) is 16.4 Å². The van der Waals surface area contributed by atoms with E-state index in [1.165, 1.54) is 30.2 Å². The molecule has 2 aromatic rings. The fraction of sp³-hybridized carbons (Fsp3) is 0.522. The molecule has 0 saturated heterocycles. The zero-order valence-electron chi connectivity index (χ0n) is 17.7. The molecule has 0 spiro atoms. The van der Waals surface area contributed by atoms with Gasteiger partial charge in [-0.1, -0.05) is 35.5 Å². The van der Waals surface area contributed by atoms with Gasteiger partial charge in [-0.3, -0.25) is 14.2 Å². The Bertz CT molecular complexity index is 939. The number of amides is 1. The molecule has 0 unspecified atom stereocenters. The molecule has 7 heteroatoms. The lowest BCUT2D eigenvalue weighted by molar-refractivity contribution is -0.118. The van der Waals surface area contributed by atoms with Gasteiger partial charge in [0.15, 0.2) is 5.16 Å². The Kier molecular flexibility index (Phi) is 8.96. The van der Waals surface area contributed by atoms with Crippen molar-refractivity contribution in [2.75, 3.05) is 25.5 Å². The number of carbonyl (C=O) groups excluding carboxylic acids is 1. The summed E-state index contributed by atoms with van der Waals surface area (Å²) in [7, 11) is 0. The van der Waals surface area contributed by atoms with Crippen molar-refractivity contribution in [2.45, 2.75) is 57.1 Å². The van der Waals surface area contributed by atoms with Crippen molar-refractivity contribution in [3.63, 3.8) is 0 Å². The van der Waals surface area contributed by atoms with Crippen LogP contribution < -0.4 is 10.9 Å². The Balaban J connectivity index is 1.62. The lowest BCUT2D eigenvalue weighted by Gasteiger charge is -2.14. The van der Waals surface area contributed by atoms with E-state index >= 15 is 0 Å². The summed E-state index contributed by atoms with van der Waals surface area (Å²) in [5, 5.41) is 4.18. The smallest absolute Gasteiger partial charge is 0.262 e. The number of carbonyl (C=O) groups is 1. The van der Waals surface area contributed by atoms with Gasteiger partial charge in [0.25, 0.3) is 5.56 Å². The first kappa shape index (κ1) is 22.6. The van der Waals surface area contributed by atoms with Crippen LogP contribution in [0.3, 0.4) is 0 Å². The van der Waals surface area contributed by atoms with E-state index < -0.39 is 0 Å². The van der Waals surface area contributed by atoms with Crippen LogP contribution in [0.5, 0.6) is 0 Å². The summed E-state index contributed by atoms with van der Waals surface area (Å²) in [6.07, 6.45) is 8.80. The molecule has 1 aromatic heterocycles. The van der Waals surface area contributed by atoms with Gasteiger partial charge in [-0.25, -0.2) is 4.98 Å². The van der Waals surface area contributed by atoms with Gasteiger partial charge in [-0.05, 0) is 57.6 Å². The zero-order valence-corrected chi connectivity index (χ0v) is 18.5. The Morgan fingerprint density at radius 3 is 2.97 bits per heavy atom.